The van der Waals surface area contributed by atoms with Crippen molar-refractivity contribution in [3.8, 4) is 17.6 Å². The number of hydrogen-bond donors (Lipinski definition) is 0. The van der Waals surface area contributed by atoms with Crippen molar-refractivity contribution in [3.63, 3.8) is 0 Å². The first kappa shape index (κ1) is 15.9. The van der Waals surface area contributed by atoms with Crippen molar-refractivity contribution in [3.05, 3.63) is 29.3 Å². The first-order valence-electron chi connectivity index (χ1n) is 5.88. The lowest BCUT2D eigenvalue weighted by atomic mass is 10.1. The standard InChI is InChI=1S/C14H17ClO3S/c1-12-11-13(5-3-4-8-15)6-7-14(12)18-9-10-19(2,16)17/h6-7,11H,4,8-10H2,1-2H3. The molecule has 0 fully saturated rings. The Hall–Kier alpha value is -1.18. The van der Waals surface area contributed by atoms with Gasteiger partial charge in [0.25, 0.3) is 0 Å². The Labute approximate surface area is 119 Å². The van der Waals surface area contributed by atoms with Crippen LogP contribution in [0.5, 0.6) is 5.75 Å². The lowest BCUT2D eigenvalue weighted by molar-refractivity contribution is 0.338. The molecular formula is C14H17ClO3S. The molecule has 0 saturated carbocycles. The SMILES string of the molecule is Cc1cc(C#CCCCl)ccc1OCCS(C)(=O)=O. The Kier molecular flexibility index (Phi) is 6.20. The van der Waals surface area contributed by atoms with E-state index in [0.717, 1.165) is 11.1 Å². The van der Waals surface area contributed by atoms with E-state index in [1.54, 1.807) is 0 Å². The second-order valence-corrected chi connectivity index (χ2v) is 6.84. The molecule has 1 aromatic carbocycles. The summed E-state index contributed by atoms with van der Waals surface area (Å²) in [6.07, 6.45) is 1.85. The van der Waals surface area contributed by atoms with E-state index >= 15 is 0 Å². The van der Waals surface area contributed by atoms with Crippen LogP contribution in [0.15, 0.2) is 18.2 Å². The summed E-state index contributed by atoms with van der Waals surface area (Å²) < 4.78 is 27.4. The molecule has 1 aromatic rings. The molecule has 104 valence electrons. The Morgan fingerprint density at radius 2 is 2.11 bits per heavy atom. The molecule has 0 saturated heterocycles. The molecule has 0 spiro atoms. The van der Waals surface area contributed by atoms with Gasteiger partial charge in [-0.25, -0.2) is 8.42 Å². The summed E-state index contributed by atoms with van der Waals surface area (Å²) in [6, 6.07) is 5.57. The fourth-order valence-corrected chi connectivity index (χ4v) is 1.88. The third kappa shape index (κ3) is 6.51. The topological polar surface area (TPSA) is 43.4 Å². The zero-order chi connectivity index (χ0) is 14.3. The van der Waals surface area contributed by atoms with Gasteiger partial charge in [0.2, 0.25) is 0 Å². The van der Waals surface area contributed by atoms with Crippen molar-refractivity contribution in [2.24, 2.45) is 0 Å². The van der Waals surface area contributed by atoms with Crippen molar-refractivity contribution in [2.45, 2.75) is 13.3 Å². The number of rotatable bonds is 5. The van der Waals surface area contributed by atoms with E-state index in [1.807, 2.05) is 25.1 Å². The molecule has 0 N–H and O–H groups in total. The number of hydrogen-bond acceptors (Lipinski definition) is 3. The van der Waals surface area contributed by atoms with Crippen molar-refractivity contribution in [1.82, 2.24) is 0 Å². The normalized spacial score (nSPS) is 10.7. The largest absolute Gasteiger partial charge is 0.492 e. The Morgan fingerprint density at radius 1 is 1.37 bits per heavy atom. The molecule has 0 aliphatic heterocycles. The Morgan fingerprint density at radius 3 is 2.68 bits per heavy atom. The molecule has 0 heterocycles. The van der Waals surface area contributed by atoms with Gasteiger partial charge in [0, 0.05) is 24.1 Å². The number of benzene rings is 1. The Bertz CT molecular complexity index is 582. The van der Waals surface area contributed by atoms with Crippen LogP contribution in [-0.2, 0) is 9.84 Å². The number of alkyl halides is 1. The molecule has 0 unspecified atom stereocenters. The van der Waals surface area contributed by atoms with Gasteiger partial charge in [-0.05, 0) is 30.7 Å². The van der Waals surface area contributed by atoms with Crippen LogP contribution >= 0.6 is 11.6 Å². The summed E-state index contributed by atoms with van der Waals surface area (Å²) in [5, 5.41) is 0. The van der Waals surface area contributed by atoms with E-state index < -0.39 is 9.84 Å². The third-order valence-electron chi connectivity index (χ3n) is 2.34. The van der Waals surface area contributed by atoms with Gasteiger partial charge in [0.05, 0.1) is 5.75 Å². The van der Waals surface area contributed by atoms with E-state index in [2.05, 4.69) is 11.8 Å². The zero-order valence-electron chi connectivity index (χ0n) is 11.1. The van der Waals surface area contributed by atoms with Crippen LogP contribution in [0.4, 0.5) is 0 Å². The van der Waals surface area contributed by atoms with Crippen molar-refractivity contribution >= 4 is 21.4 Å². The summed E-state index contributed by atoms with van der Waals surface area (Å²) >= 11 is 5.55. The molecular weight excluding hydrogens is 284 g/mol. The maximum Gasteiger partial charge on any atom is 0.150 e. The average molecular weight is 301 g/mol. The molecule has 0 radical (unpaired) electrons. The minimum atomic E-state index is -2.99. The summed E-state index contributed by atoms with van der Waals surface area (Å²) in [7, 11) is -2.99. The molecule has 1 rings (SSSR count). The smallest absolute Gasteiger partial charge is 0.150 e. The lowest BCUT2D eigenvalue weighted by Gasteiger charge is -2.08. The van der Waals surface area contributed by atoms with Gasteiger partial charge in [-0.1, -0.05) is 11.8 Å². The van der Waals surface area contributed by atoms with Gasteiger partial charge in [-0.3, -0.25) is 0 Å². The second-order valence-electron chi connectivity index (χ2n) is 4.20. The molecule has 0 aliphatic carbocycles. The van der Waals surface area contributed by atoms with Crippen molar-refractivity contribution in [2.75, 3.05) is 24.5 Å². The fraction of sp³-hybridized carbons (Fsp3) is 0.429. The zero-order valence-corrected chi connectivity index (χ0v) is 12.6. The van der Waals surface area contributed by atoms with E-state index in [9.17, 15) is 8.42 Å². The molecule has 0 bridgehead atoms. The van der Waals surface area contributed by atoms with Gasteiger partial charge >= 0.3 is 0 Å². The van der Waals surface area contributed by atoms with E-state index in [1.165, 1.54) is 6.26 Å². The summed E-state index contributed by atoms with van der Waals surface area (Å²) in [5.74, 6) is 7.20. The molecule has 3 nitrogen and oxygen atoms in total. The average Bonchev–Trinajstić information content (AvgIpc) is 2.31. The van der Waals surface area contributed by atoms with E-state index in [-0.39, 0.29) is 12.4 Å². The summed E-state index contributed by atoms with van der Waals surface area (Å²) in [5.41, 5.74) is 1.84. The number of halogens is 1. The van der Waals surface area contributed by atoms with Crippen LogP contribution in [0, 0.1) is 18.8 Å². The molecule has 0 atom stereocenters. The molecule has 0 amide bonds. The number of ether oxygens (including phenoxy) is 1. The summed E-state index contributed by atoms with van der Waals surface area (Å²) in [4.78, 5) is 0. The van der Waals surface area contributed by atoms with Gasteiger partial charge in [0.15, 0.2) is 9.84 Å². The predicted molar refractivity (Wildman–Crippen MR) is 78.6 cm³/mol. The monoisotopic (exact) mass is 300 g/mol. The third-order valence-corrected chi connectivity index (χ3v) is 3.44. The first-order chi connectivity index (χ1) is 8.92. The first-order valence-corrected chi connectivity index (χ1v) is 8.48. The highest BCUT2D eigenvalue weighted by Gasteiger charge is 2.04. The second kappa shape index (κ2) is 7.42. The van der Waals surface area contributed by atoms with Crippen LogP contribution < -0.4 is 4.74 Å². The van der Waals surface area contributed by atoms with Crippen LogP contribution in [0.25, 0.3) is 0 Å². The van der Waals surface area contributed by atoms with E-state index in [4.69, 9.17) is 16.3 Å². The van der Waals surface area contributed by atoms with E-state index in [0.29, 0.717) is 18.1 Å². The quantitative estimate of drug-likeness (QED) is 0.619. The molecule has 0 aliphatic rings. The predicted octanol–water partition coefficient (Wildman–Crippen LogP) is 2.40. The maximum atomic E-state index is 11.0. The molecule has 0 aromatic heterocycles. The van der Waals surface area contributed by atoms with Crippen molar-refractivity contribution < 1.29 is 13.2 Å². The number of aryl methyl sites for hydroxylation is 1. The van der Waals surface area contributed by atoms with Crippen molar-refractivity contribution in [1.29, 1.82) is 0 Å². The highest BCUT2D eigenvalue weighted by molar-refractivity contribution is 7.90. The lowest BCUT2D eigenvalue weighted by Crippen LogP contribution is -2.12. The van der Waals surface area contributed by atoms with Gasteiger partial charge < -0.3 is 4.74 Å². The van der Waals surface area contributed by atoms with Gasteiger partial charge in [-0.2, -0.15) is 0 Å². The molecule has 19 heavy (non-hydrogen) atoms. The minimum Gasteiger partial charge on any atom is -0.492 e. The Balaban J connectivity index is 2.65. The fourth-order valence-electron chi connectivity index (χ4n) is 1.40. The number of sulfone groups is 1. The highest BCUT2D eigenvalue weighted by Crippen LogP contribution is 2.18. The maximum absolute atomic E-state index is 11.0. The molecule has 5 heteroatoms. The summed E-state index contributed by atoms with van der Waals surface area (Å²) in [6.45, 7) is 2.07. The van der Waals surface area contributed by atoms with Crippen LogP contribution in [0.2, 0.25) is 0 Å². The highest BCUT2D eigenvalue weighted by atomic mass is 35.5. The van der Waals surface area contributed by atoms with Gasteiger partial charge in [0.1, 0.15) is 12.4 Å². The van der Waals surface area contributed by atoms with Crippen LogP contribution in [0.1, 0.15) is 17.5 Å². The van der Waals surface area contributed by atoms with Crippen LogP contribution in [0.3, 0.4) is 0 Å². The minimum absolute atomic E-state index is 0.0176. The van der Waals surface area contributed by atoms with Crippen LogP contribution in [-0.4, -0.2) is 32.9 Å². The van der Waals surface area contributed by atoms with Gasteiger partial charge in [-0.15, -0.1) is 11.6 Å².